The van der Waals surface area contributed by atoms with Gasteiger partial charge in [-0.05, 0) is 100 Å². The highest BCUT2D eigenvalue weighted by Gasteiger charge is 2.46. The number of fused-ring (bicyclic) bond motifs is 9. The third-order valence-corrected chi connectivity index (χ3v) is 13.4. The van der Waals surface area contributed by atoms with Gasteiger partial charge < -0.3 is 9.47 Å². The van der Waals surface area contributed by atoms with E-state index in [4.69, 9.17) is 0 Å². The molecule has 2 aromatic heterocycles. The second-order valence-corrected chi connectivity index (χ2v) is 16.3. The number of benzene rings is 9. The van der Waals surface area contributed by atoms with Crippen LogP contribution in [0.1, 0.15) is 22.3 Å². The molecule has 0 amide bonds. The first-order chi connectivity index (χ1) is 28.8. The fourth-order valence-electron chi connectivity index (χ4n) is 9.83. The smallest absolute Gasteiger partial charge is 0.0714 e. The van der Waals surface area contributed by atoms with E-state index in [2.05, 4.69) is 228 Å². The summed E-state index contributed by atoms with van der Waals surface area (Å²) in [7, 11) is 0. The van der Waals surface area contributed by atoms with Crippen molar-refractivity contribution >= 4 is 70.4 Å². The first-order valence-electron chi connectivity index (χ1n) is 19.9. The minimum atomic E-state index is -0.507. The maximum Gasteiger partial charge on any atom is 0.0714 e. The third kappa shape index (κ3) is 4.78. The second-order valence-electron chi connectivity index (χ2n) is 15.3. The molecule has 3 heteroatoms. The van der Waals surface area contributed by atoms with E-state index in [9.17, 15) is 0 Å². The molecular formula is C55H36N2S. The number of thiophene rings is 1. The van der Waals surface area contributed by atoms with Crippen LogP contribution in [-0.2, 0) is 5.41 Å². The standard InChI is InChI=1S/C55H36N2S/c1-4-16-37(17-5-1)55(38-18-6-2-7-19-38)49-25-13-10-22-43(49)44-31-28-41(35-50(44)55)56(40-30-33-54-48(34-40)47-24-12-15-27-53(47)58-54)42-29-32-46-45-23-11-14-26-51(45)57(52(46)36-42)39-20-8-3-9-21-39/h1-36H. The molecule has 0 saturated heterocycles. The maximum atomic E-state index is 2.47. The number of para-hydroxylation sites is 2. The van der Waals surface area contributed by atoms with Crippen molar-refractivity contribution < 1.29 is 0 Å². The number of nitrogens with zero attached hydrogens (tertiary/aromatic N) is 2. The summed E-state index contributed by atoms with van der Waals surface area (Å²) in [5.74, 6) is 0. The Kier molecular flexibility index (Phi) is 7.35. The molecule has 0 atom stereocenters. The van der Waals surface area contributed by atoms with Gasteiger partial charge in [-0.2, -0.15) is 0 Å². The van der Waals surface area contributed by atoms with E-state index in [1.807, 2.05) is 11.3 Å². The Labute approximate surface area is 341 Å². The van der Waals surface area contributed by atoms with Gasteiger partial charge in [-0.3, -0.25) is 0 Å². The lowest BCUT2D eigenvalue weighted by Gasteiger charge is -2.35. The molecule has 272 valence electrons. The van der Waals surface area contributed by atoms with Crippen LogP contribution in [0, 0.1) is 0 Å². The zero-order valence-corrected chi connectivity index (χ0v) is 32.4. The van der Waals surface area contributed by atoms with Crippen LogP contribution in [0.2, 0.25) is 0 Å². The fourth-order valence-corrected chi connectivity index (χ4v) is 10.9. The summed E-state index contributed by atoms with van der Waals surface area (Å²) in [6, 6.07) is 80.7. The molecule has 0 N–H and O–H groups in total. The molecule has 0 radical (unpaired) electrons. The fraction of sp³-hybridized carbons (Fsp3) is 0.0182. The van der Waals surface area contributed by atoms with Gasteiger partial charge >= 0.3 is 0 Å². The molecule has 0 bridgehead atoms. The Morgan fingerprint density at radius 2 is 0.914 bits per heavy atom. The van der Waals surface area contributed by atoms with E-state index >= 15 is 0 Å². The minimum absolute atomic E-state index is 0.507. The highest BCUT2D eigenvalue weighted by molar-refractivity contribution is 7.25. The lowest BCUT2D eigenvalue weighted by atomic mass is 9.67. The van der Waals surface area contributed by atoms with Crippen molar-refractivity contribution in [3.63, 3.8) is 0 Å². The average molecular weight is 757 g/mol. The van der Waals surface area contributed by atoms with Crippen molar-refractivity contribution in [2.75, 3.05) is 4.90 Å². The molecule has 0 unspecified atom stereocenters. The summed E-state index contributed by atoms with van der Waals surface area (Å²) in [6.07, 6.45) is 0. The number of aromatic nitrogens is 1. The predicted molar refractivity (Wildman–Crippen MR) is 246 cm³/mol. The molecule has 2 nitrogen and oxygen atoms in total. The maximum absolute atomic E-state index is 2.47. The Hall–Kier alpha value is -7.20. The van der Waals surface area contributed by atoms with Gasteiger partial charge in [-0.25, -0.2) is 0 Å². The molecule has 1 aliphatic carbocycles. The SMILES string of the molecule is c1ccc(-n2c3ccccc3c3ccc(N(c4ccc5c(c4)C(c4ccccc4)(c4ccccc4)c4ccccc4-5)c4ccc5sc6ccccc6c5c4)cc32)cc1. The molecule has 0 saturated carbocycles. The van der Waals surface area contributed by atoms with E-state index in [1.54, 1.807) is 0 Å². The van der Waals surface area contributed by atoms with E-state index in [0.29, 0.717) is 0 Å². The largest absolute Gasteiger partial charge is 0.310 e. The molecule has 58 heavy (non-hydrogen) atoms. The van der Waals surface area contributed by atoms with Crippen molar-refractivity contribution in [1.29, 1.82) is 0 Å². The first kappa shape index (κ1) is 33.0. The molecule has 12 rings (SSSR count). The number of hydrogen-bond acceptors (Lipinski definition) is 2. The second kappa shape index (κ2) is 12.9. The Morgan fingerprint density at radius 3 is 1.71 bits per heavy atom. The molecule has 9 aromatic carbocycles. The monoisotopic (exact) mass is 756 g/mol. The highest BCUT2D eigenvalue weighted by Crippen LogP contribution is 2.57. The van der Waals surface area contributed by atoms with Crippen LogP contribution in [0.3, 0.4) is 0 Å². The molecule has 11 aromatic rings. The molecule has 1 aliphatic rings. The molecule has 0 aliphatic heterocycles. The summed E-state index contributed by atoms with van der Waals surface area (Å²) in [4.78, 5) is 2.47. The van der Waals surface area contributed by atoms with Crippen molar-refractivity contribution in [3.05, 3.63) is 241 Å². The summed E-state index contributed by atoms with van der Waals surface area (Å²) in [6.45, 7) is 0. The van der Waals surface area contributed by atoms with Crippen molar-refractivity contribution in [3.8, 4) is 16.8 Å². The van der Waals surface area contributed by atoms with Crippen molar-refractivity contribution in [2.45, 2.75) is 5.41 Å². The Bertz CT molecular complexity index is 3300. The lowest BCUT2D eigenvalue weighted by molar-refractivity contribution is 0.768. The van der Waals surface area contributed by atoms with Gasteiger partial charge in [-0.15, -0.1) is 11.3 Å². The van der Waals surface area contributed by atoms with Crippen LogP contribution in [0.4, 0.5) is 17.1 Å². The van der Waals surface area contributed by atoms with Crippen LogP contribution >= 0.6 is 11.3 Å². The zero-order valence-electron chi connectivity index (χ0n) is 31.6. The molecule has 2 heterocycles. The topological polar surface area (TPSA) is 8.17 Å². The summed E-state index contributed by atoms with van der Waals surface area (Å²) >= 11 is 1.86. The van der Waals surface area contributed by atoms with Gasteiger partial charge in [0.2, 0.25) is 0 Å². The van der Waals surface area contributed by atoms with Crippen molar-refractivity contribution in [1.82, 2.24) is 4.57 Å². The Balaban J connectivity index is 1.16. The van der Waals surface area contributed by atoms with Crippen LogP contribution < -0.4 is 4.90 Å². The predicted octanol–water partition coefficient (Wildman–Crippen LogP) is 15.0. The van der Waals surface area contributed by atoms with Gasteiger partial charge in [0.15, 0.2) is 0 Å². The Morgan fingerprint density at radius 1 is 0.362 bits per heavy atom. The van der Waals surface area contributed by atoms with Gasteiger partial charge in [0.25, 0.3) is 0 Å². The number of hydrogen-bond donors (Lipinski definition) is 0. The van der Waals surface area contributed by atoms with Crippen LogP contribution in [-0.4, -0.2) is 4.57 Å². The normalized spacial score (nSPS) is 13.0. The zero-order chi connectivity index (χ0) is 38.2. The third-order valence-electron chi connectivity index (χ3n) is 12.2. The number of rotatable bonds is 6. The van der Waals surface area contributed by atoms with Gasteiger partial charge in [0.05, 0.1) is 16.4 Å². The quantitative estimate of drug-likeness (QED) is 0.164. The molecule has 0 fully saturated rings. The van der Waals surface area contributed by atoms with Gasteiger partial charge in [0, 0.05) is 53.7 Å². The molecular weight excluding hydrogens is 721 g/mol. The minimum Gasteiger partial charge on any atom is -0.310 e. The van der Waals surface area contributed by atoms with E-state index < -0.39 is 5.41 Å². The van der Waals surface area contributed by atoms with E-state index in [-0.39, 0.29) is 0 Å². The van der Waals surface area contributed by atoms with Crippen LogP contribution in [0.5, 0.6) is 0 Å². The highest BCUT2D eigenvalue weighted by atomic mass is 32.1. The number of anilines is 3. The van der Waals surface area contributed by atoms with Crippen LogP contribution in [0.15, 0.2) is 218 Å². The van der Waals surface area contributed by atoms with E-state index in [1.165, 1.54) is 75.4 Å². The summed E-state index contributed by atoms with van der Waals surface area (Å²) in [5, 5.41) is 5.05. The van der Waals surface area contributed by atoms with Gasteiger partial charge in [-0.1, -0.05) is 152 Å². The average Bonchev–Trinajstić information content (AvgIpc) is 3.93. The molecule has 0 spiro atoms. The van der Waals surface area contributed by atoms with Crippen molar-refractivity contribution in [2.24, 2.45) is 0 Å². The lowest BCUT2D eigenvalue weighted by Crippen LogP contribution is -2.28. The van der Waals surface area contributed by atoms with Gasteiger partial charge in [0.1, 0.15) is 0 Å². The van der Waals surface area contributed by atoms with E-state index in [0.717, 1.165) is 22.7 Å². The van der Waals surface area contributed by atoms with Crippen LogP contribution in [0.25, 0.3) is 58.8 Å². The summed E-state index contributed by atoms with van der Waals surface area (Å²) < 4.78 is 5.01. The first-order valence-corrected chi connectivity index (χ1v) is 20.7. The summed E-state index contributed by atoms with van der Waals surface area (Å²) in [5.41, 5.74) is 14.0.